The molecule has 1 aliphatic rings. The average Bonchev–Trinajstić information content (AvgIpc) is 3.22. The maximum absolute atomic E-state index is 12.7. The number of pyridine rings is 1. The van der Waals surface area contributed by atoms with E-state index >= 15 is 0 Å². The summed E-state index contributed by atoms with van der Waals surface area (Å²) in [5, 5.41) is 0. The molecule has 1 aromatic heterocycles. The van der Waals surface area contributed by atoms with Gasteiger partial charge in [-0.25, -0.2) is 0 Å². The van der Waals surface area contributed by atoms with E-state index in [-0.39, 0.29) is 5.91 Å². The second-order valence-corrected chi connectivity index (χ2v) is 5.93. The highest BCUT2D eigenvalue weighted by atomic mass is 16.2. The van der Waals surface area contributed by atoms with Crippen LogP contribution in [0, 0.1) is 12.8 Å². The van der Waals surface area contributed by atoms with Crippen LogP contribution in [0.5, 0.6) is 0 Å². The summed E-state index contributed by atoms with van der Waals surface area (Å²) in [6.07, 6.45) is 4.85. The van der Waals surface area contributed by atoms with Gasteiger partial charge in [-0.1, -0.05) is 13.8 Å². The zero-order valence-corrected chi connectivity index (χ0v) is 12.5. The molecule has 0 bridgehead atoms. The molecule has 0 saturated heterocycles. The van der Waals surface area contributed by atoms with Crippen molar-refractivity contribution < 1.29 is 4.79 Å². The minimum absolute atomic E-state index is 0.0357. The number of amides is 1. The van der Waals surface area contributed by atoms with Gasteiger partial charge in [0.05, 0.1) is 11.3 Å². The summed E-state index contributed by atoms with van der Waals surface area (Å²) in [5.41, 5.74) is 4.67. The van der Waals surface area contributed by atoms with E-state index in [4.69, 9.17) is 5.84 Å². The molecule has 0 aliphatic heterocycles. The lowest BCUT2D eigenvalue weighted by molar-refractivity contribution is 0.0736. The fraction of sp³-hybridized carbons (Fsp3) is 0.600. The Morgan fingerprint density at radius 1 is 1.55 bits per heavy atom. The summed E-state index contributed by atoms with van der Waals surface area (Å²) < 4.78 is 0. The number of nitrogens with one attached hydrogen (secondary N) is 1. The Morgan fingerprint density at radius 3 is 2.80 bits per heavy atom. The summed E-state index contributed by atoms with van der Waals surface area (Å²) in [6.45, 7) is 7.04. The molecule has 1 heterocycles. The van der Waals surface area contributed by atoms with Crippen molar-refractivity contribution in [2.75, 3.05) is 12.0 Å². The molecule has 110 valence electrons. The molecule has 0 atom stereocenters. The quantitative estimate of drug-likeness (QED) is 0.618. The smallest absolute Gasteiger partial charge is 0.257 e. The van der Waals surface area contributed by atoms with Gasteiger partial charge in [-0.15, -0.1) is 0 Å². The summed E-state index contributed by atoms with van der Waals surface area (Å²) in [4.78, 5) is 18.9. The van der Waals surface area contributed by atoms with Gasteiger partial charge in [0.1, 0.15) is 0 Å². The molecule has 20 heavy (non-hydrogen) atoms. The van der Waals surface area contributed by atoms with Crippen molar-refractivity contribution >= 4 is 11.6 Å². The normalized spacial score (nSPS) is 14.4. The maximum atomic E-state index is 12.7. The molecule has 0 spiro atoms. The molecule has 0 aromatic carbocycles. The number of hydrogen-bond acceptors (Lipinski definition) is 4. The first kappa shape index (κ1) is 14.8. The third kappa shape index (κ3) is 3.48. The van der Waals surface area contributed by atoms with Crippen molar-refractivity contribution in [3.8, 4) is 0 Å². The number of anilines is 1. The van der Waals surface area contributed by atoms with Gasteiger partial charge in [0, 0.05) is 24.5 Å². The van der Waals surface area contributed by atoms with Crippen LogP contribution < -0.4 is 11.3 Å². The lowest BCUT2D eigenvalue weighted by atomic mass is 10.1. The molecule has 2 rings (SSSR count). The fourth-order valence-corrected chi connectivity index (χ4v) is 2.24. The van der Waals surface area contributed by atoms with E-state index in [1.807, 2.05) is 11.8 Å². The summed E-state index contributed by atoms with van der Waals surface area (Å²) >= 11 is 0. The van der Waals surface area contributed by atoms with Crippen molar-refractivity contribution in [2.45, 2.75) is 46.1 Å². The maximum Gasteiger partial charge on any atom is 0.257 e. The Kier molecular flexibility index (Phi) is 4.60. The standard InChI is InChI=1S/C15H24N4O/c1-10(2)6-7-19(12-4-5-12)15(20)13-9-17-11(3)8-14(13)18-16/h8-10,12H,4-7,16H2,1-3H3,(H,17,18). The first-order valence-corrected chi connectivity index (χ1v) is 7.27. The number of nitrogens with zero attached hydrogens (tertiary/aromatic N) is 2. The van der Waals surface area contributed by atoms with Crippen molar-refractivity contribution in [2.24, 2.45) is 11.8 Å². The van der Waals surface area contributed by atoms with Gasteiger partial charge < -0.3 is 10.3 Å². The van der Waals surface area contributed by atoms with E-state index in [2.05, 4.69) is 24.3 Å². The van der Waals surface area contributed by atoms with Crippen LogP contribution in [0.15, 0.2) is 12.3 Å². The number of carbonyl (C=O) groups is 1. The molecule has 3 N–H and O–H groups in total. The van der Waals surface area contributed by atoms with E-state index in [0.717, 1.165) is 31.5 Å². The third-order valence-corrected chi connectivity index (χ3v) is 3.62. The highest BCUT2D eigenvalue weighted by Crippen LogP contribution is 2.30. The minimum atomic E-state index is 0.0357. The molecule has 0 radical (unpaired) electrons. The Balaban J connectivity index is 2.18. The molecule has 1 fully saturated rings. The highest BCUT2D eigenvalue weighted by molar-refractivity contribution is 5.99. The molecular weight excluding hydrogens is 252 g/mol. The van der Waals surface area contributed by atoms with Crippen LogP contribution in [0.2, 0.25) is 0 Å². The van der Waals surface area contributed by atoms with E-state index in [1.54, 1.807) is 12.3 Å². The van der Waals surface area contributed by atoms with Gasteiger partial charge in [0.25, 0.3) is 5.91 Å². The molecular formula is C15H24N4O. The van der Waals surface area contributed by atoms with Crippen LogP contribution in [-0.4, -0.2) is 28.4 Å². The summed E-state index contributed by atoms with van der Waals surface area (Å²) in [7, 11) is 0. The van der Waals surface area contributed by atoms with Crippen LogP contribution in [0.3, 0.4) is 0 Å². The van der Waals surface area contributed by atoms with Crippen molar-refractivity contribution in [3.63, 3.8) is 0 Å². The van der Waals surface area contributed by atoms with Crippen LogP contribution in [0.1, 0.15) is 49.2 Å². The predicted molar refractivity (Wildman–Crippen MR) is 80.3 cm³/mol. The second-order valence-electron chi connectivity index (χ2n) is 5.93. The Bertz CT molecular complexity index is 483. The number of aryl methyl sites for hydroxylation is 1. The van der Waals surface area contributed by atoms with E-state index < -0.39 is 0 Å². The second kappa shape index (κ2) is 6.22. The van der Waals surface area contributed by atoms with Crippen molar-refractivity contribution in [1.29, 1.82) is 0 Å². The topological polar surface area (TPSA) is 71.2 Å². The van der Waals surface area contributed by atoms with Crippen molar-refractivity contribution in [1.82, 2.24) is 9.88 Å². The van der Waals surface area contributed by atoms with Crippen LogP contribution >= 0.6 is 0 Å². The lowest BCUT2D eigenvalue weighted by Crippen LogP contribution is -2.35. The number of hydrogen-bond donors (Lipinski definition) is 2. The van der Waals surface area contributed by atoms with Gasteiger partial charge in [0.15, 0.2) is 0 Å². The number of carbonyl (C=O) groups excluding carboxylic acids is 1. The van der Waals surface area contributed by atoms with E-state index in [0.29, 0.717) is 23.2 Å². The van der Waals surface area contributed by atoms with Crippen LogP contribution in [0.4, 0.5) is 5.69 Å². The number of nitrogen functional groups attached to an aromatic ring is 1. The number of rotatable bonds is 6. The Morgan fingerprint density at radius 2 is 2.25 bits per heavy atom. The first-order chi connectivity index (χ1) is 9.52. The number of nitrogens with two attached hydrogens (primary N) is 1. The predicted octanol–water partition coefficient (Wildman–Crippen LogP) is 2.33. The largest absolute Gasteiger partial charge is 0.336 e. The molecule has 1 aliphatic carbocycles. The van der Waals surface area contributed by atoms with Crippen LogP contribution in [0.25, 0.3) is 0 Å². The molecule has 5 nitrogen and oxygen atoms in total. The SMILES string of the molecule is Cc1cc(NN)c(C(=O)N(CCC(C)C)C2CC2)cn1. The highest BCUT2D eigenvalue weighted by Gasteiger charge is 2.33. The van der Waals surface area contributed by atoms with Gasteiger partial charge in [-0.2, -0.15) is 0 Å². The summed E-state index contributed by atoms with van der Waals surface area (Å²) in [5.74, 6) is 6.15. The van der Waals surface area contributed by atoms with Gasteiger partial charge in [-0.05, 0) is 38.2 Å². The molecule has 0 unspecified atom stereocenters. The van der Waals surface area contributed by atoms with Gasteiger partial charge in [0.2, 0.25) is 0 Å². The Labute approximate surface area is 120 Å². The molecule has 5 heteroatoms. The monoisotopic (exact) mass is 276 g/mol. The molecule has 1 saturated carbocycles. The molecule has 1 aromatic rings. The van der Waals surface area contributed by atoms with Gasteiger partial charge in [-0.3, -0.25) is 15.6 Å². The first-order valence-electron chi connectivity index (χ1n) is 7.27. The minimum Gasteiger partial charge on any atom is -0.336 e. The Hall–Kier alpha value is -1.62. The number of aromatic nitrogens is 1. The zero-order chi connectivity index (χ0) is 14.7. The summed E-state index contributed by atoms with van der Waals surface area (Å²) in [6, 6.07) is 2.20. The lowest BCUT2D eigenvalue weighted by Gasteiger charge is -2.24. The van der Waals surface area contributed by atoms with Crippen LogP contribution in [-0.2, 0) is 0 Å². The van der Waals surface area contributed by atoms with E-state index in [9.17, 15) is 4.79 Å². The van der Waals surface area contributed by atoms with E-state index in [1.165, 1.54) is 0 Å². The van der Waals surface area contributed by atoms with Crippen molar-refractivity contribution in [3.05, 3.63) is 23.5 Å². The molecule has 1 amide bonds. The average molecular weight is 276 g/mol. The number of hydrazine groups is 1. The zero-order valence-electron chi connectivity index (χ0n) is 12.5. The van der Waals surface area contributed by atoms with Gasteiger partial charge >= 0.3 is 0 Å². The fourth-order valence-electron chi connectivity index (χ4n) is 2.24. The third-order valence-electron chi connectivity index (χ3n) is 3.62.